The highest BCUT2D eigenvalue weighted by atomic mass is 16.5. The van der Waals surface area contributed by atoms with Crippen LogP contribution in [0.1, 0.15) is 22.3 Å². The van der Waals surface area contributed by atoms with Gasteiger partial charge in [0.2, 0.25) is 0 Å². The first-order valence-electron chi connectivity index (χ1n) is 24.1. The molecule has 1 aromatic heterocycles. The zero-order valence-corrected chi connectivity index (χ0v) is 38.2. The molecule has 14 rings (SSSR count). The molecule has 0 saturated carbocycles. The van der Waals surface area contributed by atoms with Gasteiger partial charge in [0.05, 0.1) is 22.1 Å². The lowest BCUT2D eigenvalue weighted by Gasteiger charge is -2.39. The number of fused-ring (bicyclic) bond motifs is 12. The highest BCUT2D eigenvalue weighted by molar-refractivity contribution is 6.12. The molecule has 0 unspecified atom stereocenters. The smallest absolute Gasteiger partial charge is 0.132 e. The van der Waals surface area contributed by atoms with Crippen LogP contribution in [0.2, 0.25) is 0 Å². The van der Waals surface area contributed by atoms with Gasteiger partial charge >= 0.3 is 0 Å². The lowest BCUT2D eigenvalue weighted by Crippen LogP contribution is -2.32. The molecular formula is C67H44N2O. The third-order valence-electron chi connectivity index (χ3n) is 14.7. The normalized spacial score (nSPS) is 12.8. The summed E-state index contributed by atoms with van der Waals surface area (Å²) in [4.78, 5) is 2.42. The maximum Gasteiger partial charge on any atom is 0.132 e. The van der Waals surface area contributed by atoms with Crippen LogP contribution in [-0.2, 0) is 5.41 Å². The van der Waals surface area contributed by atoms with Crippen LogP contribution < -0.4 is 9.64 Å². The molecular weight excluding hydrogens is 849 g/mol. The Bertz CT molecular complexity index is 3920. The topological polar surface area (TPSA) is 17.4 Å². The van der Waals surface area contributed by atoms with E-state index >= 15 is 0 Å². The number of hydrogen-bond acceptors (Lipinski definition) is 2. The van der Waals surface area contributed by atoms with E-state index in [2.05, 4.69) is 276 Å². The molecule has 11 aromatic carbocycles. The van der Waals surface area contributed by atoms with Crippen molar-refractivity contribution in [1.82, 2.24) is 4.57 Å². The maximum absolute atomic E-state index is 6.67. The Kier molecular flexibility index (Phi) is 9.11. The number of rotatable bonds is 7. The molecule has 0 saturated heterocycles. The van der Waals surface area contributed by atoms with E-state index in [0.29, 0.717) is 0 Å². The molecule has 3 heteroatoms. The van der Waals surface area contributed by atoms with Crippen molar-refractivity contribution in [2.75, 3.05) is 4.90 Å². The molecule has 0 radical (unpaired) electrons. The Hall–Kier alpha value is -9.18. The van der Waals surface area contributed by atoms with E-state index in [1.807, 2.05) is 0 Å². The van der Waals surface area contributed by atoms with Crippen molar-refractivity contribution in [2.24, 2.45) is 0 Å². The van der Waals surface area contributed by atoms with Crippen LogP contribution in [-0.4, -0.2) is 4.57 Å². The molecule has 0 bridgehead atoms. The fraction of sp³-hybridized carbons (Fsp3) is 0.0149. The molecule has 2 heterocycles. The van der Waals surface area contributed by atoms with Crippen molar-refractivity contribution < 1.29 is 4.74 Å². The van der Waals surface area contributed by atoms with Crippen molar-refractivity contribution in [3.8, 4) is 61.7 Å². The summed E-state index contributed by atoms with van der Waals surface area (Å²) >= 11 is 0. The quantitative estimate of drug-likeness (QED) is 0.159. The maximum atomic E-state index is 6.67. The van der Waals surface area contributed by atoms with Crippen molar-refractivity contribution in [2.45, 2.75) is 5.41 Å². The number of benzene rings is 11. The Labute approximate surface area is 407 Å². The van der Waals surface area contributed by atoms with Gasteiger partial charge in [-0.05, 0) is 129 Å². The molecule has 3 nitrogen and oxygen atoms in total. The van der Waals surface area contributed by atoms with Crippen LogP contribution >= 0.6 is 0 Å². The fourth-order valence-corrected chi connectivity index (χ4v) is 11.6. The molecule has 70 heavy (non-hydrogen) atoms. The average molecular weight is 893 g/mol. The minimum atomic E-state index is -0.547. The molecule has 1 aliphatic heterocycles. The summed E-state index contributed by atoms with van der Waals surface area (Å²) in [6, 6.07) is 97.2. The molecule has 0 atom stereocenters. The second kappa shape index (κ2) is 16.0. The van der Waals surface area contributed by atoms with Gasteiger partial charge in [0, 0.05) is 44.5 Å². The summed E-state index contributed by atoms with van der Waals surface area (Å²) in [6.07, 6.45) is 0. The van der Waals surface area contributed by atoms with E-state index in [9.17, 15) is 0 Å². The third-order valence-corrected chi connectivity index (χ3v) is 14.7. The van der Waals surface area contributed by atoms with Gasteiger partial charge in [0.15, 0.2) is 0 Å². The Morgan fingerprint density at radius 2 is 0.800 bits per heavy atom. The number of anilines is 3. The zero-order valence-electron chi connectivity index (χ0n) is 38.2. The second-order valence-corrected chi connectivity index (χ2v) is 18.4. The van der Waals surface area contributed by atoms with E-state index in [-0.39, 0.29) is 0 Å². The lowest BCUT2D eigenvalue weighted by molar-refractivity contribution is 0.436. The van der Waals surface area contributed by atoms with Crippen molar-refractivity contribution >= 4 is 38.9 Å². The summed E-state index contributed by atoms with van der Waals surface area (Å²) in [7, 11) is 0. The minimum Gasteiger partial charge on any atom is -0.457 e. The van der Waals surface area contributed by atoms with Gasteiger partial charge in [-0.3, -0.25) is 0 Å². The van der Waals surface area contributed by atoms with Gasteiger partial charge < -0.3 is 14.2 Å². The number of hydrogen-bond donors (Lipinski definition) is 0. The summed E-state index contributed by atoms with van der Waals surface area (Å²) < 4.78 is 9.08. The monoisotopic (exact) mass is 892 g/mol. The van der Waals surface area contributed by atoms with E-state index in [4.69, 9.17) is 4.74 Å². The summed E-state index contributed by atoms with van der Waals surface area (Å²) in [5, 5.41) is 2.37. The first-order chi connectivity index (χ1) is 34.7. The standard InChI is InChI=1S/C67H44N2O/c1-4-18-45(19-5-1)46-32-36-51(37-33-46)68(62-29-15-11-24-53(62)47-20-6-2-7-21-47)52-38-41-64-57(44-52)56-42-48(35-40-63(56)69(64)50-22-8-3-9-23-50)49-34-39-55-54-25-10-12-26-58(54)67(61(55)43-49)59-27-13-16-30-65(59)70-66-31-17-14-28-60(66)67/h1-44H. The van der Waals surface area contributed by atoms with Crippen molar-refractivity contribution in [3.63, 3.8) is 0 Å². The van der Waals surface area contributed by atoms with E-state index in [0.717, 1.165) is 56.4 Å². The molecule has 328 valence electrons. The first-order valence-corrected chi connectivity index (χ1v) is 24.1. The molecule has 2 aliphatic rings. The molecule has 1 aliphatic carbocycles. The molecule has 1 spiro atoms. The highest BCUT2D eigenvalue weighted by Gasteiger charge is 2.51. The SMILES string of the molecule is c1ccc(-c2ccc(N(c3ccc4c(c3)c3cc(-c5ccc6c(c5)C5(c7ccccc7Oc7ccccc75)c5ccccc5-6)ccc3n4-c3ccccc3)c3ccccc3-c3ccccc3)cc2)cc1. The van der Waals surface area contributed by atoms with E-state index in [1.54, 1.807) is 0 Å². The summed E-state index contributed by atoms with van der Waals surface area (Å²) in [6.45, 7) is 0. The molecule has 0 amide bonds. The summed E-state index contributed by atoms with van der Waals surface area (Å²) in [5.74, 6) is 1.79. The fourth-order valence-electron chi connectivity index (χ4n) is 11.6. The van der Waals surface area contributed by atoms with Crippen LogP contribution in [0.4, 0.5) is 17.1 Å². The van der Waals surface area contributed by atoms with Crippen LogP contribution in [0.5, 0.6) is 11.5 Å². The number of ether oxygens (including phenoxy) is 1. The largest absolute Gasteiger partial charge is 0.457 e. The predicted molar refractivity (Wildman–Crippen MR) is 289 cm³/mol. The van der Waals surface area contributed by atoms with Gasteiger partial charge in [-0.1, -0.05) is 188 Å². The van der Waals surface area contributed by atoms with Gasteiger partial charge in [-0.15, -0.1) is 0 Å². The molecule has 12 aromatic rings. The van der Waals surface area contributed by atoms with Crippen LogP contribution in [0.3, 0.4) is 0 Å². The van der Waals surface area contributed by atoms with E-state index in [1.165, 1.54) is 66.4 Å². The van der Waals surface area contributed by atoms with Crippen molar-refractivity contribution in [1.29, 1.82) is 0 Å². The second-order valence-electron chi connectivity index (χ2n) is 18.4. The van der Waals surface area contributed by atoms with Crippen LogP contribution in [0.25, 0.3) is 72.0 Å². The summed E-state index contributed by atoms with van der Waals surface area (Å²) in [5.41, 5.74) is 20.6. The lowest BCUT2D eigenvalue weighted by atomic mass is 9.66. The first kappa shape index (κ1) is 39.9. The zero-order chi connectivity index (χ0) is 46.2. The minimum absolute atomic E-state index is 0.547. The van der Waals surface area contributed by atoms with Crippen LogP contribution in [0.15, 0.2) is 267 Å². The number of nitrogens with zero attached hydrogens (tertiary/aromatic N) is 2. The average Bonchev–Trinajstić information content (AvgIpc) is 3.92. The molecule has 0 N–H and O–H groups in total. The predicted octanol–water partition coefficient (Wildman–Crippen LogP) is 17.7. The Morgan fingerprint density at radius 3 is 1.51 bits per heavy atom. The van der Waals surface area contributed by atoms with Gasteiger partial charge in [-0.2, -0.15) is 0 Å². The van der Waals surface area contributed by atoms with Gasteiger partial charge in [0.25, 0.3) is 0 Å². The van der Waals surface area contributed by atoms with Gasteiger partial charge in [-0.25, -0.2) is 0 Å². The number of aromatic nitrogens is 1. The highest BCUT2D eigenvalue weighted by Crippen LogP contribution is 2.62. The third kappa shape index (κ3) is 6.08. The number of para-hydroxylation sites is 4. The van der Waals surface area contributed by atoms with Crippen molar-refractivity contribution in [3.05, 3.63) is 289 Å². The van der Waals surface area contributed by atoms with Crippen LogP contribution in [0, 0.1) is 0 Å². The Morgan fingerprint density at radius 1 is 0.314 bits per heavy atom. The Balaban J connectivity index is 0.983. The molecule has 0 fully saturated rings. The van der Waals surface area contributed by atoms with E-state index < -0.39 is 5.41 Å². The van der Waals surface area contributed by atoms with Gasteiger partial charge in [0.1, 0.15) is 11.5 Å².